The Kier molecular flexibility index (Phi) is 4.85. The van der Waals surface area contributed by atoms with Crippen LogP contribution in [-0.4, -0.2) is 17.0 Å². The van der Waals surface area contributed by atoms with Gasteiger partial charge in [-0.2, -0.15) is 0 Å². The Bertz CT molecular complexity index is 127. The highest BCUT2D eigenvalue weighted by atomic mass is 16.3. The number of aliphatic hydroxyl groups is 1. The lowest BCUT2D eigenvalue weighted by Gasteiger charge is -1.99. The molecule has 0 saturated carbocycles. The lowest BCUT2D eigenvalue weighted by atomic mass is 10.2. The number of ketones is 1. The number of allylic oxidation sites excluding steroid dienone is 1. The van der Waals surface area contributed by atoms with Gasteiger partial charge in [0.05, 0.1) is 6.10 Å². The van der Waals surface area contributed by atoms with Crippen LogP contribution in [-0.2, 0) is 4.79 Å². The molecule has 0 radical (unpaired) electrons. The Morgan fingerprint density at radius 2 is 2.30 bits per heavy atom. The molecule has 0 aliphatic carbocycles. The quantitative estimate of drug-likeness (QED) is 0.600. The molecule has 1 N–H and O–H groups in total. The molecule has 0 spiro atoms. The van der Waals surface area contributed by atoms with Crippen LogP contribution in [0.3, 0.4) is 0 Å². The van der Waals surface area contributed by atoms with Crippen LogP contribution in [0.25, 0.3) is 0 Å². The molecule has 2 heteroatoms. The third-order valence-electron chi connectivity index (χ3n) is 1.14. The molecule has 0 heterocycles. The van der Waals surface area contributed by atoms with Crippen molar-refractivity contribution < 1.29 is 9.90 Å². The van der Waals surface area contributed by atoms with Crippen molar-refractivity contribution in [3.05, 3.63) is 12.2 Å². The van der Waals surface area contributed by atoms with Crippen molar-refractivity contribution in [3.8, 4) is 0 Å². The fourth-order valence-electron chi connectivity index (χ4n) is 0.639. The minimum atomic E-state index is -0.450. The molecule has 0 aliphatic heterocycles. The zero-order valence-electron chi connectivity index (χ0n) is 6.50. The first kappa shape index (κ1) is 9.37. The van der Waals surface area contributed by atoms with E-state index in [0.29, 0.717) is 0 Å². The van der Waals surface area contributed by atoms with E-state index in [4.69, 9.17) is 5.11 Å². The van der Waals surface area contributed by atoms with Gasteiger partial charge in [-0.25, -0.2) is 0 Å². The van der Waals surface area contributed by atoms with Crippen LogP contribution < -0.4 is 0 Å². The topological polar surface area (TPSA) is 37.3 Å². The van der Waals surface area contributed by atoms with Gasteiger partial charge in [0, 0.05) is 0 Å². The maximum absolute atomic E-state index is 10.4. The summed E-state index contributed by atoms with van der Waals surface area (Å²) in [6.07, 6.45) is 4.15. The van der Waals surface area contributed by atoms with E-state index >= 15 is 0 Å². The first-order chi connectivity index (χ1) is 4.66. The van der Waals surface area contributed by atoms with Gasteiger partial charge in [0.15, 0.2) is 5.78 Å². The van der Waals surface area contributed by atoms with E-state index < -0.39 is 6.10 Å². The summed E-state index contributed by atoms with van der Waals surface area (Å²) in [4.78, 5) is 10.4. The van der Waals surface area contributed by atoms with Crippen molar-refractivity contribution in [2.24, 2.45) is 0 Å². The monoisotopic (exact) mass is 142 g/mol. The van der Waals surface area contributed by atoms with Crippen LogP contribution in [0.4, 0.5) is 0 Å². The van der Waals surface area contributed by atoms with Gasteiger partial charge in [-0.05, 0) is 19.4 Å². The van der Waals surface area contributed by atoms with E-state index in [9.17, 15) is 4.79 Å². The van der Waals surface area contributed by atoms with Crippen LogP contribution in [0, 0.1) is 0 Å². The van der Waals surface area contributed by atoms with Crippen molar-refractivity contribution >= 4 is 5.78 Å². The number of rotatable bonds is 4. The number of hydrogen-bond acceptors (Lipinski definition) is 2. The number of carbonyl (C=O) groups is 1. The smallest absolute Gasteiger partial charge is 0.152 e. The first-order valence-corrected chi connectivity index (χ1v) is 3.53. The largest absolute Gasteiger partial charge is 0.389 e. The SMILES string of the molecule is CCCC(O)C=CC(C)=O. The molecule has 0 amide bonds. The third kappa shape index (κ3) is 5.51. The Balaban J connectivity index is 3.55. The molecule has 0 aromatic rings. The Hall–Kier alpha value is -0.630. The molecule has 0 saturated heterocycles. The summed E-state index contributed by atoms with van der Waals surface area (Å²) in [5.74, 6) is -0.0184. The average molecular weight is 142 g/mol. The van der Waals surface area contributed by atoms with Gasteiger partial charge in [0.25, 0.3) is 0 Å². The Morgan fingerprint density at radius 3 is 2.70 bits per heavy atom. The maximum Gasteiger partial charge on any atom is 0.152 e. The summed E-state index contributed by atoms with van der Waals surface area (Å²) >= 11 is 0. The average Bonchev–Trinajstić information content (AvgIpc) is 1.85. The van der Waals surface area contributed by atoms with Crippen molar-refractivity contribution in [2.45, 2.75) is 32.8 Å². The van der Waals surface area contributed by atoms with Crippen LogP contribution in [0.1, 0.15) is 26.7 Å². The van der Waals surface area contributed by atoms with Crippen molar-refractivity contribution in [1.82, 2.24) is 0 Å². The van der Waals surface area contributed by atoms with Crippen LogP contribution in [0.15, 0.2) is 12.2 Å². The van der Waals surface area contributed by atoms with E-state index in [1.54, 1.807) is 0 Å². The molecule has 0 bridgehead atoms. The Morgan fingerprint density at radius 1 is 1.70 bits per heavy atom. The minimum absolute atomic E-state index is 0.0184. The standard InChI is InChI=1S/C8H14O2/c1-3-4-8(10)6-5-7(2)9/h5-6,8,10H,3-4H2,1-2H3. The summed E-state index contributed by atoms with van der Waals surface area (Å²) in [6.45, 7) is 3.46. The number of aliphatic hydroxyl groups excluding tert-OH is 1. The summed E-state index contributed by atoms with van der Waals surface area (Å²) in [5, 5.41) is 9.06. The highest BCUT2D eigenvalue weighted by Crippen LogP contribution is 1.96. The lowest BCUT2D eigenvalue weighted by Crippen LogP contribution is -2.01. The number of carbonyl (C=O) groups excluding carboxylic acids is 1. The van der Waals surface area contributed by atoms with Gasteiger partial charge < -0.3 is 5.11 Å². The van der Waals surface area contributed by atoms with Gasteiger partial charge in [-0.3, -0.25) is 4.79 Å². The lowest BCUT2D eigenvalue weighted by molar-refractivity contribution is -0.112. The summed E-state index contributed by atoms with van der Waals surface area (Å²) in [6, 6.07) is 0. The third-order valence-corrected chi connectivity index (χ3v) is 1.14. The van der Waals surface area contributed by atoms with Crippen molar-refractivity contribution in [1.29, 1.82) is 0 Å². The minimum Gasteiger partial charge on any atom is -0.389 e. The van der Waals surface area contributed by atoms with Crippen molar-refractivity contribution in [2.75, 3.05) is 0 Å². The highest BCUT2D eigenvalue weighted by Gasteiger charge is 1.95. The van der Waals surface area contributed by atoms with E-state index in [1.165, 1.54) is 19.1 Å². The molecule has 1 unspecified atom stereocenters. The van der Waals surface area contributed by atoms with E-state index in [2.05, 4.69) is 0 Å². The van der Waals surface area contributed by atoms with Gasteiger partial charge in [-0.1, -0.05) is 19.4 Å². The molecule has 0 aromatic carbocycles. The normalized spacial score (nSPS) is 13.9. The maximum atomic E-state index is 10.4. The molecule has 1 atom stereocenters. The molecule has 0 aliphatic rings. The second-order valence-corrected chi connectivity index (χ2v) is 2.33. The number of hydrogen-bond donors (Lipinski definition) is 1. The van der Waals surface area contributed by atoms with E-state index in [-0.39, 0.29) is 5.78 Å². The van der Waals surface area contributed by atoms with Gasteiger partial charge >= 0.3 is 0 Å². The Labute approximate surface area is 61.6 Å². The summed E-state index contributed by atoms with van der Waals surface area (Å²) < 4.78 is 0. The molecule has 10 heavy (non-hydrogen) atoms. The molecule has 2 nitrogen and oxygen atoms in total. The van der Waals surface area contributed by atoms with E-state index in [1.807, 2.05) is 6.92 Å². The van der Waals surface area contributed by atoms with Crippen LogP contribution in [0.2, 0.25) is 0 Å². The fourth-order valence-corrected chi connectivity index (χ4v) is 0.639. The second-order valence-electron chi connectivity index (χ2n) is 2.33. The van der Waals surface area contributed by atoms with Gasteiger partial charge in [-0.15, -0.1) is 0 Å². The highest BCUT2D eigenvalue weighted by molar-refractivity contribution is 5.87. The predicted molar refractivity (Wildman–Crippen MR) is 40.7 cm³/mol. The molecule has 0 aromatic heterocycles. The zero-order valence-corrected chi connectivity index (χ0v) is 6.50. The summed E-state index contributed by atoms with van der Waals surface area (Å²) in [7, 11) is 0. The van der Waals surface area contributed by atoms with Crippen LogP contribution in [0.5, 0.6) is 0 Å². The molecule has 0 rings (SSSR count). The van der Waals surface area contributed by atoms with Gasteiger partial charge in [0.2, 0.25) is 0 Å². The van der Waals surface area contributed by atoms with E-state index in [0.717, 1.165) is 12.8 Å². The van der Waals surface area contributed by atoms with Gasteiger partial charge in [0.1, 0.15) is 0 Å². The predicted octanol–water partition coefficient (Wildman–Crippen LogP) is 1.29. The molecule has 58 valence electrons. The second kappa shape index (κ2) is 5.18. The van der Waals surface area contributed by atoms with Crippen molar-refractivity contribution in [3.63, 3.8) is 0 Å². The first-order valence-electron chi connectivity index (χ1n) is 3.53. The molecule has 0 fully saturated rings. The summed E-state index contributed by atoms with van der Waals surface area (Å²) in [5.41, 5.74) is 0. The molecular weight excluding hydrogens is 128 g/mol. The fraction of sp³-hybridized carbons (Fsp3) is 0.625. The molecular formula is C8H14O2. The van der Waals surface area contributed by atoms with Crippen LogP contribution >= 0.6 is 0 Å². The zero-order chi connectivity index (χ0) is 7.98.